The van der Waals surface area contributed by atoms with Crippen molar-refractivity contribution in [2.75, 3.05) is 23.3 Å². The van der Waals surface area contributed by atoms with Crippen molar-refractivity contribution in [1.29, 1.82) is 0 Å². The lowest BCUT2D eigenvalue weighted by Crippen LogP contribution is -2.56. The van der Waals surface area contributed by atoms with E-state index in [1.807, 2.05) is 68.4 Å². The van der Waals surface area contributed by atoms with E-state index in [0.29, 0.717) is 30.4 Å². The molecule has 6 rings (SSSR count). The van der Waals surface area contributed by atoms with Crippen LogP contribution in [0.3, 0.4) is 0 Å². The summed E-state index contributed by atoms with van der Waals surface area (Å²) in [5.41, 5.74) is 4.40. The molecule has 2 atom stereocenters. The van der Waals surface area contributed by atoms with Crippen LogP contribution in [0.5, 0.6) is 0 Å². The van der Waals surface area contributed by atoms with Crippen LogP contribution >= 0.6 is 0 Å². The summed E-state index contributed by atoms with van der Waals surface area (Å²) in [6.07, 6.45) is 3.66. The van der Waals surface area contributed by atoms with Gasteiger partial charge in [0.05, 0.1) is 23.3 Å². The molecule has 2 fully saturated rings. The van der Waals surface area contributed by atoms with Gasteiger partial charge in [-0.1, -0.05) is 30.3 Å². The molecule has 2 bridgehead atoms. The standard InChI is InChI=1S/C27H28N8O/c1-17-12-24(30-25-13-18(2)32-33-25)31-27(29-17)34-15-21-9-10-22(16-34)35(21)26(36)20-8-11-23(28-14-20)19-6-4-3-5-7-19/h3-8,11-14,21-22H,9-10,15-16H2,1-2H3,(H2,29,30,31,32,33). The van der Waals surface area contributed by atoms with E-state index in [4.69, 9.17) is 9.97 Å². The molecule has 0 radical (unpaired) electrons. The van der Waals surface area contributed by atoms with E-state index in [2.05, 4.69) is 30.3 Å². The van der Waals surface area contributed by atoms with E-state index in [1.165, 1.54) is 0 Å². The third kappa shape index (κ3) is 4.28. The summed E-state index contributed by atoms with van der Waals surface area (Å²) in [5, 5.41) is 10.4. The number of nitrogens with zero attached hydrogens (tertiary/aromatic N) is 6. The Hall–Kier alpha value is -4.27. The molecular formula is C27H28N8O. The number of nitrogens with one attached hydrogen (secondary N) is 2. The number of fused-ring (bicyclic) bond motifs is 2. The van der Waals surface area contributed by atoms with E-state index in [1.54, 1.807) is 6.20 Å². The van der Waals surface area contributed by atoms with Crippen LogP contribution in [-0.4, -0.2) is 61.1 Å². The van der Waals surface area contributed by atoms with Crippen LogP contribution in [0, 0.1) is 13.8 Å². The molecule has 0 aliphatic carbocycles. The zero-order chi connectivity index (χ0) is 24.6. The lowest BCUT2D eigenvalue weighted by molar-refractivity contribution is 0.0640. The smallest absolute Gasteiger partial charge is 0.256 e. The number of pyridine rings is 1. The van der Waals surface area contributed by atoms with Crippen LogP contribution in [0.25, 0.3) is 11.3 Å². The van der Waals surface area contributed by atoms with Gasteiger partial charge < -0.3 is 15.1 Å². The Morgan fingerprint density at radius 1 is 0.972 bits per heavy atom. The third-order valence-electron chi connectivity index (χ3n) is 6.88. The Bertz CT molecular complexity index is 1370. The van der Waals surface area contributed by atoms with Gasteiger partial charge in [0.25, 0.3) is 5.91 Å². The number of aryl methyl sites for hydroxylation is 2. The largest absolute Gasteiger partial charge is 0.337 e. The minimum absolute atomic E-state index is 0.0516. The van der Waals surface area contributed by atoms with Gasteiger partial charge in [0.2, 0.25) is 5.95 Å². The van der Waals surface area contributed by atoms with Gasteiger partial charge >= 0.3 is 0 Å². The summed E-state index contributed by atoms with van der Waals surface area (Å²) < 4.78 is 0. The fourth-order valence-electron chi connectivity index (χ4n) is 5.22. The first kappa shape index (κ1) is 22.2. The highest BCUT2D eigenvalue weighted by atomic mass is 16.2. The Morgan fingerprint density at radius 3 is 2.42 bits per heavy atom. The van der Waals surface area contributed by atoms with E-state index in [-0.39, 0.29) is 18.0 Å². The maximum Gasteiger partial charge on any atom is 0.256 e. The number of carbonyl (C=O) groups excluding carboxylic acids is 1. The molecule has 1 aromatic carbocycles. The monoisotopic (exact) mass is 480 g/mol. The number of aromatic nitrogens is 5. The van der Waals surface area contributed by atoms with E-state index >= 15 is 0 Å². The number of piperazine rings is 1. The fourth-order valence-corrected chi connectivity index (χ4v) is 5.22. The second kappa shape index (κ2) is 9.07. The molecule has 2 aliphatic rings. The van der Waals surface area contributed by atoms with E-state index < -0.39 is 0 Å². The van der Waals surface area contributed by atoms with Crippen molar-refractivity contribution in [3.63, 3.8) is 0 Å². The van der Waals surface area contributed by atoms with Crippen LogP contribution in [0.1, 0.15) is 34.6 Å². The molecule has 2 N–H and O–H groups in total. The molecule has 4 aromatic rings. The van der Waals surface area contributed by atoms with Gasteiger partial charge in [-0.3, -0.25) is 14.9 Å². The van der Waals surface area contributed by atoms with Gasteiger partial charge in [-0.15, -0.1) is 0 Å². The molecule has 1 amide bonds. The molecule has 2 unspecified atom stereocenters. The van der Waals surface area contributed by atoms with Crippen molar-refractivity contribution in [2.45, 2.75) is 38.8 Å². The fraction of sp³-hybridized carbons (Fsp3) is 0.296. The minimum Gasteiger partial charge on any atom is -0.337 e. The number of H-pyrrole nitrogens is 1. The topological polar surface area (TPSA) is 103 Å². The first-order valence-corrected chi connectivity index (χ1v) is 12.3. The molecule has 9 nitrogen and oxygen atoms in total. The highest BCUT2D eigenvalue weighted by Gasteiger charge is 2.43. The SMILES string of the molecule is Cc1cc(Nc2cc(C)[nH]n2)nc(N2CC3CCC(C2)N3C(=O)c2ccc(-c3ccccc3)nc2)n1. The average molecular weight is 481 g/mol. The first-order chi connectivity index (χ1) is 17.5. The maximum atomic E-state index is 13.5. The molecule has 182 valence electrons. The lowest BCUT2D eigenvalue weighted by atomic mass is 10.1. The predicted octanol–water partition coefficient (Wildman–Crippen LogP) is 4.12. The van der Waals surface area contributed by atoms with Crippen LogP contribution < -0.4 is 10.2 Å². The molecule has 36 heavy (non-hydrogen) atoms. The van der Waals surface area contributed by atoms with Gasteiger partial charge in [0.15, 0.2) is 5.82 Å². The number of hydrogen-bond donors (Lipinski definition) is 2. The number of benzene rings is 1. The summed E-state index contributed by atoms with van der Waals surface area (Å²) in [6, 6.07) is 17.9. The summed E-state index contributed by atoms with van der Waals surface area (Å²) in [4.78, 5) is 31.8. The maximum absolute atomic E-state index is 13.5. The van der Waals surface area contributed by atoms with Crippen LogP contribution in [0.2, 0.25) is 0 Å². The first-order valence-electron chi connectivity index (χ1n) is 12.3. The molecule has 0 spiro atoms. The van der Waals surface area contributed by atoms with Crippen molar-refractivity contribution in [1.82, 2.24) is 30.0 Å². The van der Waals surface area contributed by atoms with Gasteiger partial charge in [0, 0.05) is 48.4 Å². The van der Waals surface area contributed by atoms with Gasteiger partial charge in [-0.05, 0) is 38.8 Å². The summed E-state index contributed by atoms with van der Waals surface area (Å²) >= 11 is 0. The van der Waals surface area contributed by atoms with Crippen molar-refractivity contribution in [3.8, 4) is 11.3 Å². The summed E-state index contributed by atoms with van der Waals surface area (Å²) in [5.74, 6) is 2.16. The summed E-state index contributed by atoms with van der Waals surface area (Å²) in [6.45, 7) is 5.34. The normalized spacial score (nSPS) is 18.9. The van der Waals surface area contributed by atoms with E-state index in [9.17, 15) is 4.79 Å². The Balaban J connectivity index is 1.18. The number of amides is 1. The second-order valence-corrected chi connectivity index (χ2v) is 9.56. The highest BCUT2D eigenvalue weighted by molar-refractivity contribution is 5.95. The minimum atomic E-state index is 0.0516. The molecule has 2 saturated heterocycles. The molecular weight excluding hydrogens is 452 g/mol. The van der Waals surface area contributed by atoms with Gasteiger partial charge in [-0.25, -0.2) is 4.98 Å². The lowest BCUT2D eigenvalue weighted by Gasteiger charge is -2.41. The number of rotatable bonds is 5. The average Bonchev–Trinajstić information content (AvgIpc) is 3.42. The number of carbonyl (C=O) groups is 1. The third-order valence-corrected chi connectivity index (χ3v) is 6.88. The zero-order valence-electron chi connectivity index (χ0n) is 20.3. The second-order valence-electron chi connectivity index (χ2n) is 9.56. The quantitative estimate of drug-likeness (QED) is 0.443. The highest BCUT2D eigenvalue weighted by Crippen LogP contribution is 2.33. The van der Waals surface area contributed by atoms with Gasteiger partial charge in [-0.2, -0.15) is 10.1 Å². The van der Waals surface area contributed by atoms with Crippen molar-refractivity contribution in [3.05, 3.63) is 77.7 Å². The van der Waals surface area contributed by atoms with Crippen LogP contribution in [0.15, 0.2) is 60.8 Å². The number of anilines is 3. The molecule has 3 aromatic heterocycles. The van der Waals surface area contributed by atoms with Gasteiger partial charge in [0.1, 0.15) is 5.82 Å². The molecule has 5 heterocycles. The van der Waals surface area contributed by atoms with Crippen molar-refractivity contribution in [2.24, 2.45) is 0 Å². The Morgan fingerprint density at radius 2 is 1.75 bits per heavy atom. The van der Waals surface area contributed by atoms with Crippen LogP contribution in [-0.2, 0) is 0 Å². The predicted molar refractivity (Wildman–Crippen MR) is 138 cm³/mol. The van der Waals surface area contributed by atoms with Crippen molar-refractivity contribution < 1.29 is 4.79 Å². The Labute approximate surface area is 209 Å². The van der Waals surface area contributed by atoms with Crippen LogP contribution in [0.4, 0.5) is 17.6 Å². The summed E-state index contributed by atoms with van der Waals surface area (Å²) in [7, 11) is 0. The van der Waals surface area contributed by atoms with Crippen molar-refractivity contribution >= 4 is 23.5 Å². The molecule has 2 aliphatic heterocycles. The molecule has 0 saturated carbocycles. The number of aromatic amines is 1. The molecule has 9 heteroatoms. The number of hydrogen-bond acceptors (Lipinski definition) is 7. The zero-order valence-corrected chi connectivity index (χ0v) is 20.3. The Kier molecular flexibility index (Phi) is 5.59. The van der Waals surface area contributed by atoms with E-state index in [0.717, 1.165) is 41.3 Å².